The summed E-state index contributed by atoms with van der Waals surface area (Å²) in [4.78, 5) is 83.2. The second kappa shape index (κ2) is 18.5. The van der Waals surface area contributed by atoms with Crippen LogP contribution in [0.1, 0.15) is 104 Å². The maximum Gasteiger partial charge on any atom is 0.490 e. The van der Waals surface area contributed by atoms with E-state index < -0.39 is 24.1 Å². The number of amides is 5. The SMILES string of the molecule is C[C@H]1CCc2c(ccc(-c3cnn(C4CCN(C(=O)Cn5cnc(CNc6cccc7c6CN(C6CCC(=O)NC6=O)C7=O)c5)CC4)c3)c2OC2CCC2)N1C(=O)C1CC1.O=C(O)C(F)(F)F. The van der Waals surface area contributed by atoms with Crippen LogP contribution in [0.4, 0.5) is 24.5 Å². The molecule has 6 aliphatic rings. The minimum Gasteiger partial charge on any atom is -0.489 e. The lowest BCUT2D eigenvalue weighted by molar-refractivity contribution is -0.192. The van der Waals surface area contributed by atoms with Gasteiger partial charge in [-0.15, -0.1) is 0 Å². The maximum absolute atomic E-state index is 13.5. The van der Waals surface area contributed by atoms with Crippen molar-refractivity contribution >= 4 is 46.9 Å². The summed E-state index contributed by atoms with van der Waals surface area (Å²) >= 11 is 0. The minimum absolute atomic E-state index is 0.0369. The van der Waals surface area contributed by atoms with Crippen molar-refractivity contribution < 1.29 is 51.8 Å². The molecule has 2 saturated carbocycles. The normalized spacial score (nSPS) is 20.9. The highest BCUT2D eigenvalue weighted by Crippen LogP contribution is 2.46. The molecular formula is C47H52F3N9O8. The number of anilines is 2. The average Bonchev–Trinajstić information content (AvgIpc) is 3.69. The molecule has 5 amide bonds. The first-order chi connectivity index (χ1) is 32.1. The van der Waals surface area contributed by atoms with Crippen molar-refractivity contribution in [2.45, 2.75) is 128 Å². The van der Waals surface area contributed by atoms with E-state index in [0.29, 0.717) is 31.6 Å². The van der Waals surface area contributed by atoms with Crippen molar-refractivity contribution in [1.82, 2.24) is 34.4 Å². The number of carbonyl (C=O) groups is 6. The van der Waals surface area contributed by atoms with Crippen LogP contribution in [0, 0.1) is 5.92 Å². The van der Waals surface area contributed by atoms with Crippen LogP contribution in [0.2, 0.25) is 0 Å². The predicted octanol–water partition coefficient (Wildman–Crippen LogP) is 5.63. The summed E-state index contributed by atoms with van der Waals surface area (Å²) < 4.78 is 42.3. The number of aromatic nitrogens is 4. The third-order valence-corrected chi connectivity index (χ3v) is 13.6. The van der Waals surface area contributed by atoms with Crippen molar-refractivity contribution in [2.75, 3.05) is 23.3 Å². The van der Waals surface area contributed by atoms with Gasteiger partial charge in [-0.3, -0.25) is 34.0 Å². The third-order valence-electron chi connectivity index (χ3n) is 13.6. The fourth-order valence-corrected chi connectivity index (χ4v) is 9.52. The van der Waals surface area contributed by atoms with E-state index in [1.807, 2.05) is 39.0 Å². The second-order valence-electron chi connectivity index (χ2n) is 18.2. The summed E-state index contributed by atoms with van der Waals surface area (Å²) in [5, 5.41) is 17.7. The third kappa shape index (κ3) is 9.60. The van der Waals surface area contributed by atoms with Crippen LogP contribution < -0.4 is 20.3 Å². The number of piperidine rings is 2. The van der Waals surface area contributed by atoms with Gasteiger partial charge in [0.15, 0.2) is 0 Å². The molecule has 4 aliphatic heterocycles. The summed E-state index contributed by atoms with van der Waals surface area (Å²) in [5.74, 6) is -2.37. The van der Waals surface area contributed by atoms with Gasteiger partial charge in [-0.1, -0.05) is 6.07 Å². The molecule has 17 nitrogen and oxygen atoms in total. The molecule has 2 atom stereocenters. The van der Waals surface area contributed by atoms with Gasteiger partial charge in [-0.2, -0.15) is 18.3 Å². The molecule has 10 rings (SSSR count). The zero-order chi connectivity index (χ0) is 47.1. The minimum atomic E-state index is -5.08. The van der Waals surface area contributed by atoms with Gasteiger partial charge in [0, 0.05) is 83.9 Å². The van der Waals surface area contributed by atoms with Crippen molar-refractivity contribution in [1.29, 1.82) is 0 Å². The second-order valence-corrected chi connectivity index (χ2v) is 18.2. The molecule has 6 heterocycles. The number of imide groups is 1. The number of fused-ring (bicyclic) bond motifs is 2. The van der Waals surface area contributed by atoms with Crippen LogP contribution in [0.5, 0.6) is 5.75 Å². The number of likely N-dealkylation sites (tertiary alicyclic amines) is 1. The molecule has 0 radical (unpaired) electrons. The molecule has 2 aromatic carbocycles. The Kier molecular flexibility index (Phi) is 12.5. The van der Waals surface area contributed by atoms with E-state index in [1.54, 1.807) is 21.9 Å². The molecule has 4 fully saturated rings. The zero-order valence-electron chi connectivity index (χ0n) is 37.0. The number of nitrogens with one attached hydrogen (secondary N) is 2. The Balaban J connectivity index is 0.000000747. The number of halogens is 3. The van der Waals surface area contributed by atoms with Crippen LogP contribution >= 0.6 is 0 Å². The predicted molar refractivity (Wildman–Crippen MR) is 235 cm³/mol. The quantitative estimate of drug-likeness (QED) is 0.158. The smallest absolute Gasteiger partial charge is 0.489 e. The molecular weight excluding hydrogens is 876 g/mol. The molecule has 2 aromatic heterocycles. The van der Waals surface area contributed by atoms with Crippen LogP contribution in [-0.4, -0.2) is 107 Å². The largest absolute Gasteiger partial charge is 0.490 e. The van der Waals surface area contributed by atoms with E-state index in [-0.39, 0.29) is 67.2 Å². The number of benzene rings is 2. The number of ether oxygens (including phenoxy) is 1. The monoisotopic (exact) mass is 927 g/mol. The van der Waals surface area contributed by atoms with Crippen LogP contribution in [0.15, 0.2) is 55.2 Å². The molecule has 2 aliphatic carbocycles. The number of carboxylic acid groups (broad SMARTS) is 1. The highest BCUT2D eigenvalue weighted by atomic mass is 19.4. The summed E-state index contributed by atoms with van der Waals surface area (Å²) in [6, 6.07) is 9.37. The zero-order valence-corrected chi connectivity index (χ0v) is 37.0. The number of nitrogens with zero attached hydrogens (tertiary/aromatic N) is 7. The number of carboxylic acids is 1. The van der Waals surface area contributed by atoms with Gasteiger partial charge in [0.05, 0.1) is 42.6 Å². The fourth-order valence-electron chi connectivity index (χ4n) is 9.52. The van der Waals surface area contributed by atoms with Gasteiger partial charge in [0.1, 0.15) is 18.3 Å². The van der Waals surface area contributed by atoms with Crippen molar-refractivity contribution in [3.63, 3.8) is 0 Å². The number of aliphatic carboxylic acids is 1. The maximum atomic E-state index is 13.5. The lowest BCUT2D eigenvalue weighted by Crippen LogP contribution is -2.52. The molecule has 0 spiro atoms. The Hall–Kier alpha value is -6.73. The van der Waals surface area contributed by atoms with Crippen LogP contribution in [-0.2, 0) is 50.0 Å². The van der Waals surface area contributed by atoms with Gasteiger partial charge < -0.3 is 34.4 Å². The topological polar surface area (TPSA) is 201 Å². The Morgan fingerprint density at radius 2 is 1.69 bits per heavy atom. The van der Waals surface area contributed by atoms with Crippen molar-refractivity contribution in [3.8, 4) is 16.9 Å². The summed E-state index contributed by atoms with van der Waals surface area (Å²) in [7, 11) is 0. The molecule has 3 N–H and O–H groups in total. The first kappa shape index (κ1) is 45.4. The highest BCUT2D eigenvalue weighted by molar-refractivity contribution is 6.06. The molecule has 67 heavy (non-hydrogen) atoms. The Morgan fingerprint density at radius 3 is 2.37 bits per heavy atom. The molecule has 0 bridgehead atoms. The summed E-state index contributed by atoms with van der Waals surface area (Å²) in [6.07, 6.45) is 11.8. The number of carbonyl (C=O) groups excluding carboxylic acids is 5. The van der Waals surface area contributed by atoms with E-state index in [1.165, 1.54) is 6.42 Å². The summed E-state index contributed by atoms with van der Waals surface area (Å²) in [6.45, 7) is 4.27. The van der Waals surface area contributed by atoms with E-state index in [0.717, 1.165) is 96.4 Å². The van der Waals surface area contributed by atoms with Gasteiger partial charge in [-0.25, -0.2) is 9.78 Å². The van der Waals surface area contributed by atoms with Crippen LogP contribution in [0.3, 0.4) is 0 Å². The number of alkyl halides is 3. The lowest BCUT2D eigenvalue weighted by atomic mass is 9.91. The van der Waals surface area contributed by atoms with Crippen molar-refractivity contribution in [2.24, 2.45) is 5.92 Å². The highest BCUT2D eigenvalue weighted by Gasteiger charge is 2.42. The fraction of sp³-hybridized carbons (Fsp3) is 0.489. The van der Waals surface area contributed by atoms with Gasteiger partial charge in [-0.05, 0) is 95.4 Å². The Labute approximate surface area is 383 Å². The molecule has 2 saturated heterocycles. The van der Waals surface area contributed by atoms with Gasteiger partial charge in [0.2, 0.25) is 23.6 Å². The molecule has 4 aromatic rings. The Morgan fingerprint density at radius 1 is 0.925 bits per heavy atom. The number of hydrogen-bond donors (Lipinski definition) is 3. The lowest BCUT2D eigenvalue weighted by Gasteiger charge is -2.38. The molecule has 20 heteroatoms. The average molecular weight is 928 g/mol. The molecule has 1 unspecified atom stereocenters. The first-order valence-electron chi connectivity index (χ1n) is 22.9. The summed E-state index contributed by atoms with van der Waals surface area (Å²) in [5.41, 5.74) is 7.06. The van der Waals surface area contributed by atoms with Gasteiger partial charge >= 0.3 is 12.1 Å². The Bertz CT molecular complexity index is 2590. The molecule has 354 valence electrons. The standard InChI is InChI=1S/C45H51N9O6.C2HF3O2/c1-27-8-11-35-38(54(27)44(58)28-9-10-28)13-12-33(42(35)60-32-4-2-5-32)29-20-48-53(22-29)31-16-18-51(19-17-31)41(56)25-50-23-30(47-26-50)21-46-37-7-3-6-34-36(37)24-52(45(34)59)39-14-15-40(55)49-43(39)57;3-2(4,5)1(6)7/h3,6-7,12-13,20,22-23,26-28,31-32,39,46H,2,4-5,8-11,14-19,21,24-25H2,1H3,(H,49,55,57);(H,6,7)/t27-,39?;/m0./s1. The number of imidazole rings is 1. The number of hydrogen-bond acceptors (Lipinski definition) is 10. The van der Waals surface area contributed by atoms with E-state index in [4.69, 9.17) is 19.7 Å². The van der Waals surface area contributed by atoms with E-state index in [2.05, 4.69) is 40.9 Å². The first-order valence-corrected chi connectivity index (χ1v) is 22.9. The number of rotatable bonds is 11. The van der Waals surface area contributed by atoms with E-state index in [9.17, 15) is 37.1 Å². The van der Waals surface area contributed by atoms with Gasteiger partial charge in [0.25, 0.3) is 5.91 Å². The van der Waals surface area contributed by atoms with Crippen molar-refractivity contribution in [3.05, 3.63) is 77.6 Å². The van der Waals surface area contributed by atoms with Crippen LogP contribution in [0.25, 0.3) is 11.1 Å². The van der Waals surface area contributed by atoms with E-state index >= 15 is 0 Å².